The Morgan fingerprint density at radius 1 is 1.31 bits per heavy atom. The molecule has 0 amide bonds. The van der Waals surface area contributed by atoms with Crippen LogP contribution < -0.4 is 0 Å². The predicted molar refractivity (Wildman–Crippen MR) is 48.1 cm³/mol. The van der Waals surface area contributed by atoms with Crippen molar-refractivity contribution in [2.75, 3.05) is 0 Å². The van der Waals surface area contributed by atoms with Crippen LogP contribution in [0.5, 0.6) is 0 Å². The summed E-state index contributed by atoms with van der Waals surface area (Å²) in [6, 6.07) is 1.89. The minimum atomic E-state index is 0.681. The monoisotopic (exact) mass is 174 g/mol. The summed E-state index contributed by atoms with van der Waals surface area (Å²) in [7, 11) is 0. The second kappa shape index (κ2) is 3.35. The summed E-state index contributed by atoms with van der Waals surface area (Å²) >= 11 is 0. The minimum absolute atomic E-state index is 0.681. The third-order valence-corrected chi connectivity index (χ3v) is 1.72. The Morgan fingerprint density at radius 3 is 2.85 bits per heavy atom. The first-order valence-electron chi connectivity index (χ1n) is 4.09. The van der Waals surface area contributed by atoms with Crippen molar-refractivity contribution in [3.63, 3.8) is 0 Å². The van der Waals surface area contributed by atoms with Crippen LogP contribution in [0.3, 0.4) is 0 Å². The smallest absolute Gasteiger partial charge is 0.0846 e. The third kappa shape index (κ3) is 1.90. The summed E-state index contributed by atoms with van der Waals surface area (Å²) in [6.07, 6.45) is 7.19. The lowest BCUT2D eigenvalue weighted by molar-refractivity contribution is 0.669. The fourth-order valence-electron chi connectivity index (χ4n) is 1.06. The van der Waals surface area contributed by atoms with Crippen LogP contribution in [0.1, 0.15) is 11.4 Å². The molecule has 0 radical (unpaired) electrons. The second-order valence-corrected chi connectivity index (χ2v) is 2.85. The van der Waals surface area contributed by atoms with Crippen LogP contribution in [-0.4, -0.2) is 19.7 Å². The number of aryl methyl sites for hydroxylation is 1. The Labute approximate surface area is 76.3 Å². The van der Waals surface area contributed by atoms with Gasteiger partial charge >= 0.3 is 0 Å². The van der Waals surface area contributed by atoms with E-state index in [4.69, 9.17) is 0 Å². The molecule has 0 aliphatic rings. The first-order valence-corrected chi connectivity index (χ1v) is 4.09. The summed E-state index contributed by atoms with van der Waals surface area (Å²) in [4.78, 5) is 8.39. The molecule has 0 spiro atoms. The molecule has 4 nitrogen and oxygen atoms in total. The highest BCUT2D eigenvalue weighted by Crippen LogP contribution is 1.96. The fourth-order valence-corrected chi connectivity index (χ4v) is 1.06. The van der Waals surface area contributed by atoms with E-state index in [1.54, 1.807) is 18.6 Å². The lowest BCUT2D eigenvalue weighted by Crippen LogP contribution is -2.02. The Bertz CT molecular complexity index is 363. The highest BCUT2D eigenvalue weighted by atomic mass is 15.3. The highest BCUT2D eigenvalue weighted by molar-refractivity contribution is 5.01. The van der Waals surface area contributed by atoms with Crippen LogP contribution in [0.4, 0.5) is 0 Å². The van der Waals surface area contributed by atoms with Crippen LogP contribution in [0.2, 0.25) is 0 Å². The fraction of sp³-hybridized carbons (Fsp3) is 0.222. The van der Waals surface area contributed by atoms with Crippen LogP contribution in [-0.2, 0) is 6.54 Å². The molecule has 0 atom stereocenters. The first kappa shape index (κ1) is 7.91. The molecular weight excluding hydrogens is 164 g/mol. The molecule has 2 heterocycles. The summed E-state index contributed by atoms with van der Waals surface area (Å²) in [5, 5.41) is 4.08. The van der Waals surface area contributed by atoms with E-state index in [1.807, 2.05) is 23.9 Å². The van der Waals surface area contributed by atoms with Crippen molar-refractivity contribution in [1.82, 2.24) is 19.7 Å². The van der Waals surface area contributed by atoms with Crippen molar-refractivity contribution in [3.05, 3.63) is 42.2 Å². The molecular formula is C9H10N4. The van der Waals surface area contributed by atoms with Crippen molar-refractivity contribution in [2.24, 2.45) is 0 Å². The van der Waals surface area contributed by atoms with Crippen LogP contribution >= 0.6 is 0 Å². The molecule has 4 heteroatoms. The van der Waals surface area contributed by atoms with Gasteiger partial charge < -0.3 is 0 Å². The molecule has 0 saturated heterocycles. The van der Waals surface area contributed by atoms with Gasteiger partial charge in [-0.1, -0.05) is 0 Å². The SMILES string of the molecule is Cc1cnc(Cn2cccn2)cn1. The van der Waals surface area contributed by atoms with Gasteiger partial charge in [-0.2, -0.15) is 5.10 Å². The molecule has 2 aromatic rings. The minimum Gasteiger partial charge on any atom is -0.267 e. The van der Waals surface area contributed by atoms with E-state index >= 15 is 0 Å². The van der Waals surface area contributed by atoms with Crippen LogP contribution in [0.15, 0.2) is 30.9 Å². The predicted octanol–water partition coefficient (Wildman–Crippen LogP) is 1.03. The molecule has 13 heavy (non-hydrogen) atoms. The zero-order chi connectivity index (χ0) is 9.10. The van der Waals surface area contributed by atoms with Gasteiger partial charge in [-0.3, -0.25) is 14.6 Å². The number of nitrogens with zero attached hydrogens (tertiary/aromatic N) is 4. The van der Waals surface area contributed by atoms with Crippen molar-refractivity contribution < 1.29 is 0 Å². The molecule has 0 saturated carbocycles. The summed E-state index contributed by atoms with van der Waals surface area (Å²) in [6.45, 7) is 2.60. The molecule has 66 valence electrons. The van der Waals surface area contributed by atoms with Crippen LogP contribution in [0.25, 0.3) is 0 Å². The van der Waals surface area contributed by atoms with Crippen molar-refractivity contribution in [1.29, 1.82) is 0 Å². The Morgan fingerprint density at radius 2 is 2.23 bits per heavy atom. The highest BCUT2D eigenvalue weighted by Gasteiger charge is 1.95. The van der Waals surface area contributed by atoms with Gasteiger partial charge in [0.05, 0.1) is 24.1 Å². The van der Waals surface area contributed by atoms with Gasteiger partial charge in [0, 0.05) is 18.6 Å². The molecule has 2 rings (SSSR count). The van der Waals surface area contributed by atoms with Gasteiger partial charge in [0.2, 0.25) is 0 Å². The van der Waals surface area contributed by atoms with Gasteiger partial charge in [0.25, 0.3) is 0 Å². The maximum Gasteiger partial charge on any atom is 0.0846 e. The molecule has 0 bridgehead atoms. The topological polar surface area (TPSA) is 43.6 Å². The lowest BCUT2D eigenvalue weighted by atomic mass is 10.4. The molecule has 0 aliphatic carbocycles. The van der Waals surface area contributed by atoms with Gasteiger partial charge in [-0.05, 0) is 13.0 Å². The zero-order valence-electron chi connectivity index (χ0n) is 7.38. The molecule has 0 unspecified atom stereocenters. The van der Waals surface area contributed by atoms with E-state index in [9.17, 15) is 0 Å². The Balaban J connectivity index is 2.15. The maximum absolute atomic E-state index is 4.23. The largest absolute Gasteiger partial charge is 0.267 e. The number of aromatic nitrogens is 4. The van der Waals surface area contributed by atoms with Crippen molar-refractivity contribution in [2.45, 2.75) is 13.5 Å². The summed E-state index contributed by atoms with van der Waals surface area (Å²) in [5.74, 6) is 0. The van der Waals surface area contributed by atoms with E-state index in [2.05, 4.69) is 15.1 Å². The number of hydrogen-bond acceptors (Lipinski definition) is 3. The van der Waals surface area contributed by atoms with E-state index in [0.29, 0.717) is 6.54 Å². The normalized spacial score (nSPS) is 10.2. The summed E-state index contributed by atoms with van der Waals surface area (Å²) < 4.78 is 1.82. The quantitative estimate of drug-likeness (QED) is 0.683. The van der Waals surface area contributed by atoms with Crippen molar-refractivity contribution in [3.8, 4) is 0 Å². The second-order valence-electron chi connectivity index (χ2n) is 2.85. The summed E-state index contributed by atoms with van der Waals surface area (Å²) in [5.41, 5.74) is 1.86. The third-order valence-electron chi connectivity index (χ3n) is 1.72. The molecule has 2 aromatic heterocycles. The molecule has 0 N–H and O–H groups in total. The van der Waals surface area contributed by atoms with E-state index in [-0.39, 0.29) is 0 Å². The van der Waals surface area contributed by atoms with Gasteiger partial charge in [-0.15, -0.1) is 0 Å². The van der Waals surface area contributed by atoms with E-state index in [0.717, 1.165) is 11.4 Å². The number of hydrogen-bond donors (Lipinski definition) is 0. The van der Waals surface area contributed by atoms with E-state index in [1.165, 1.54) is 0 Å². The van der Waals surface area contributed by atoms with Gasteiger partial charge in [0.1, 0.15) is 0 Å². The lowest BCUT2D eigenvalue weighted by Gasteiger charge is -1.99. The zero-order valence-corrected chi connectivity index (χ0v) is 7.38. The molecule has 0 aliphatic heterocycles. The van der Waals surface area contributed by atoms with E-state index < -0.39 is 0 Å². The van der Waals surface area contributed by atoms with Crippen LogP contribution in [0, 0.1) is 6.92 Å². The molecule has 0 fully saturated rings. The average molecular weight is 174 g/mol. The molecule has 0 aromatic carbocycles. The number of rotatable bonds is 2. The Kier molecular flexibility index (Phi) is 2.04. The van der Waals surface area contributed by atoms with Gasteiger partial charge in [-0.25, -0.2) is 0 Å². The van der Waals surface area contributed by atoms with Gasteiger partial charge in [0.15, 0.2) is 0 Å². The average Bonchev–Trinajstić information content (AvgIpc) is 2.62. The maximum atomic E-state index is 4.23. The Hall–Kier alpha value is -1.71. The van der Waals surface area contributed by atoms with Crippen molar-refractivity contribution >= 4 is 0 Å². The standard InChI is InChI=1S/C9H10N4/c1-8-5-11-9(6-10-8)7-13-4-2-3-12-13/h2-6H,7H2,1H3. The first-order chi connectivity index (χ1) is 6.34.